The van der Waals surface area contributed by atoms with Crippen molar-refractivity contribution in [3.63, 3.8) is 0 Å². The summed E-state index contributed by atoms with van der Waals surface area (Å²) in [4.78, 5) is 34.7. The highest BCUT2D eigenvalue weighted by atomic mass is 79.9. The number of thiophene rings is 1. The van der Waals surface area contributed by atoms with Gasteiger partial charge in [0.05, 0.1) is 10.3 Å². The molecule has 1 aromatic rings. The van der Waals surface area contributed by atoms with Crippen LogP contribution in [0.4, 0.5) is 0 Å². The Morgan fingerprint density at radius 3 is 2.67 bits per heavy atom. The van der Waals surface area contributed by atoms with Crippen LogP contribution in [0, 0.1) is 0 Å². The molecule has 8 heteroatoms. The summed E-state index contributed by atoms with van der Waals surface area (Å²) in [6.07, 6.45) is 2.85. The average Bonchev–Trinajstić information content (AvgIpc) is 2.86. The summed E-state index contributed by atoms with van der Waals surface area (Å²) in [5.74, 6) is -1.44. The van der Waals surface area contributed by atoms with Crippen LogP contribution in [-0.4, -0.2) is 37.5 Å². The van der Waals surface area contributed by atoms with Crippen LogP contribution in [0.25, 0.3) is 6.08 Å². The molecule has 0 fully saturated rings. The number of halogens is 1. The van der Waals surface area contributed by atoms with Gasteiger partial charge in [-0.3, -0.25) is 9.59 Å². The van der Waals surface area contributed by atoms with Gasteiger partial charge in [-0.1, -0.05) is 0 Å². The van der Waals surface area contributed by atoms with Gasteiger partial charge in [-0.05, 0) is 41.1 Å². The second-order valence-corrected chi connectivity index (χ2v) is 6.31. The molecule has 0 bridgehead atoms. The molecule has 114 valence electrons. The second-order valence-electron chi connectivity index (χ2n) is 3.81. The van der Waals surface area contributed by atoms with Gasteiger partial charge in [0, 0.05) is 17.5 Å². The van der Waals surface area contributed by atoms with E-state index in [-0.39, 0.29) is 12.5 Å². The van der Waals surface area contributed by atoms with E-state index in [0.29, 0.717) is 6.54 Å². The molecule has 0 saturated heterocycles. The zero-order valence-corrected chi connectivity index (χ0v) is 13.8. The van der Waals surface area contributed by atoms with E-state index in [0.717, 1.165) is 8.66 Å². The van der Waals surface area contributed by atoms with Gasteiger partial charge < -0.3 is 15.4 Å². The number of esters is 1. The first kappa shape index (κ1) is 17.4. The molecule has 0 atom stereocenters. The lowest BCUT2D eigenvalue weighted by atomic mass is 10.4. The molecule has 21 heavy (non-hydrogen) atoms. The zero-order valence-electron chi connectivity index (χ0n) is 11.3. The molecule has 1 rings (SSSR count). The highest BCUT2D eigenvalue weighted by Crippen LogP contribution is 2.22. The van der Waals surface area contributed by atoms with Gasteiger partial charge in [0.2, 0.25) is 5.91 Å². The zero-order chi connectivity index (χ0) is 15.7. The second kappa shape index (κ2) is 9.30. The maximum atomic E-state index is 11.4. The normalized spacial score (nSPS) is 10.4. The molecule has 0 unspecified atom stereocenters. The van der Waals surface area contributed by atoms with Crippen molar-refractivity contribution in [3.8, 4) is 0 Å². The van der Waals surface area contributed by atoms with Crippen LogP contribution in [0.5, 0.6) is 0 Å². The largest absolute Gasteiger partial charge is 0.452 e. The van der Waals surface area contributed by atoms with E-state index in [1.807, 2.05) is 12.1 Å². The Bertz CT molecular complexity index is 542. The Kier molecular flexibility index (Phi) is 7.70. The van der Waals surface area contributed by atoms with Crippen LogP contribution >= 0.6 is 27.3 Å². The van der Waals surface area contributed by atoms with E-state index in [1.54, 1.807) is 13.0 Å². The smallest absolute Gasteiger partial charge is 0.331 e. The summed E-state index contributed by atoms with van der Waals surface area (Å²) in [7, 11) is 0. The molecule has 0 aliphatic carbocycles. The number of carbonyl (C=O) groups excluding carboxylic acids is 3. The Morgan fingerprint density at radius 2 is 2.05 bits per heavy atom. The third-order valence-corrected chi connectivity index (χ3v) is 3.73. The van der Waals surface area contributed by atoms with Crippen LogP contribution < -0.4 is 10.6 Å². The molecular weight excluding hydrogens is 360 g/mol. The molecule has 1 heterocycles. The number of likely N-dealkylation sites (N-methyl/N-ethyl adjacent to an activating group) is 1. The third kappa shape index (κ3) is 7.62. The van der Waals surface area contributed by atoms with Crippen molar-refractivity contribution in [2.75, 3.05) is 19.7 Å². The molecule has 0 saturated carbocycles. The predicted molar refractivity (Wildman–Crippen MR) is 83.7 cm³/mol. The molecule has 2 N–H and O–H groups in total. The molecule has 0 aliphatic rings. The van der Waals surface area contributed by atoms with Gasteiger partial charge in [-0.2, -0.15) is 0 Å². The van der Waals surface area contributed by atoms with Gasteiger partial charge in [-0.15, -0.1) is 11.3 Å². The van der Waals surface area contributed by atoms with Crippen molar-refractivity contribution >= 4 is 51.1 Å². The number of nitrogens with one attached hydrogen (secondary N) is 2. The minimum absolute atomic E-state index is 0.136. The monoisotopic (exact) mass is 374 g/mol. The van der Waals surface area contributed by atoms with Crippen molar-refractivity contribution in [1.82, 2.24) is 10.6 Å². The van der Waals surface area contributed by atoms with Crippen molar-refractivity contribution < 1.29 is 19.1 Å². The topological polar surface area (TPSA) is 84.5 Å². The number of hydrogen-bond donors (Lipinski definition) is 2. The molecule has 0 spiro atoms. The summed E-state index contributed by atoms with van der Waals surface area (Å²) in [6.45, 7) is 1.72. The first-order chi connectivity index (χ1) is 10.0. The summed E-state index contributed by atoms with van der Waals surface area (Å²) in [6, 6.07) is 3.71. The Morgan fingerprint density at radius 1 is 1.29 bits per heavy atom. The average molecular weight is 375 g/mol. The number of rotatable bonds is 7. The van der Waals surface area contributed by atoms with E-state index < -0.39 is 18.5 Å². The number of carbonyl (C=O) groups is 3. The maximum absolute atomic E-state index is 11.4. The lowest BCUT2D eigenvalue weighted by molar-refractivity contribution is -0.143. The fourth-order valence-corrected chi connectivity index (χ4v) is 2.57. The van der Waals surface area contributed by atoms with Gasteiger partial charge in [0.25, 0.3) is 5.91 Å². The number of hydrogen-bond acceptors (Lipinski definition) is 5. The minimum Gasteiger partial charge on any atom is -0.452 e. The fraction of sp³-hybridized carbons (Fsp3) is 0.308. The van der Waals surface area contributed by atoms with Gasteiger partial charge in [0.1, 0.15) is 0 Å². The van der Waals surface area contributed by atoms with Gasteiger partial charge in [-0.25, -0.2) is 4.79 Å². The van der Waals surface area contributed by atoms with Crippen molar-refractivity contribution in [2.45, 2.75) is 6.92 Å². The number of amides is 2. The lowest BCUT2D eigenvalue weighted by Gasteiger charge is -2.05. The van der Waals surface area contributed by atoms with Gasteiger partial charge in [0.15, 0.2) is 6.61 Å². The first-order valence-corrected chi connectivity index (χ1v) is 7.75. The molecule has 6 nitrogen and oxygen atoms in total. The summed E-state index contributed by atoms with van der Waals surface area (Å²) in [5, 5.41) is 4.87. The molecule has 0 radical (unpaired) electrons. The predicted octanol–water partition coefficient (Wildman–Crippen LogP) is 1.32. The highest BCUT2D eigenvalue weighted by molar-refractivity contribution is 9.11. The third-order valence-electron chi connectivity index (χ3n) is 2.14. The maximum Gasteiger partial charge on any atom is 0.331 e. The number of ether oxygens (including phenoxy) is 1. The fourth-order valence-electron chi connectivity index (χ4n) is 1.24. The summed E-state index contributed by atoms with van der Waals surface area (Å²) in [5.41, 5.74) is 0. The van der Waals surface area contributed by atoms with Crippen molar-refractivity contribution in [2.24, 2.45) is 0 Å². The van der Waals surface area contributed by atoms with E-state index in [9.17, 15) is 14.4 Å². The first-order valence-electron chi connectivity index (χ1n) is 6.15. The van der Waals surface area contributed by atoms with Crippen LogP contribution in [0.2, 0.25) is 0 Å². The van der Waals surface area contributed by atoms with Crippen molar-refractivity contribution in [1.29, 1.82) is 0 Å². The molecule has 2 amide bonds. The molecule has 1 aromatic heterocycles. The van der Waals surface area contributed by atoms with Crippen LogP contribution in [-0.2, 0) is 19.1 Å². The Hall–Kier alpha value is -1.67. The van der Waals surface area contributed by atoms with Gasteiger partial charge >= 0.3 is 5.97 Å². The van der Waals surface area contributed by atoms with E-state index in [4.69, 9.17) is 4.74 Å². The van der Waals surface area contributed by atoms with E-state index in [2.05, 4.69) is 26.6 Å². The molecule has 0 aromatic carbocycles. The Balaban J connectivity index is 2.24. The molecular formula is C13H15BrN2O4S. The van der Waals surface area contributed by atoms with E-state index >= 15 is 0 Å². The minimum atomic E-state index is -0.618. The standard InChI is InChI=1S/C13H15BrN2O4S/c1-2-15-11(17)7-16-12(18)8-20-13(19)6-4-9-3-5-10(14)21-9/h3-6H,2,7-8H2,1H3,(H,15,17)(H,16,18)/b6-4+. The highest BCUT2D eigenvalue weighted by Gasteiger charge is 2.07. The Labute approximate surface area is 134 Å². The lowest BCUT2D eigenvalue weighted by Crippen LogP contribution is -2.38. The molecule has 0 aliphatic heterocycles. The quantitative estimate of drug-likeness (QED) is 0.556. The van der Waals surface area contributed by atoms with Crippen LogP contribution in [0.3, 0.4) is 0 Å². The SMILES string of the molecule is CCNC(=O)CNC(=O)COC(=O)/C=C/c1ccc(Br)s1. The van der Waals surface area contributed by atoms with Crippen LogP contribution in [0.1, 0.15) is 11.8 Å². The van der Waals surface area contributed by atoms with Crippen molar-refractivity contribution in [3.05, 3.63) is 26.9 Å². The summed E-state index contributed by atoms with van der Waals surface area (Å²) >= 11 is 4.78. The van der Waals surface area contributed by atoms with E-state index in [1.165, 1.54) is 17.4 Å². The summed E-state index contributed by atoms with van der Waals surface area (Å²) < 4.78 is 5.71. The van der Waals surface area contributed by atoms with Crippen LogP contribution in [0.15, 0.2) is 22.0 Å².